The summed E-state index contributed by atoms with van der Waals surface area (Å²) in [6.07, 6.45) is 0.716. The molecule has 3 rings (SSSR count). The number of sulfonamides is 1. The van der Waals surface area contributed by atoms with Crippen LogP contribution in [-0.4, -0.2) is 31.7 Å². The van der Waals surface area contributed by atoms with Gasteiger partial charge in [-0.2, -0.15) is 4.31 Å². The number of hydrogen-bond acceptors (Lipinski definition) is 3. The summed E-state index contributed by atoms with van der Waals surface area (Å²) in [6, 6.07) is 12.9. The second-order valence-electron chi connectivity index (χ2n) is 6.60. The molecule has 5 nitrogen and oxygen atoms in total. The van der Waals surface area contributed by atoms with Gasteiger partial charge in [-0.05, 0) is 52.5 Å². The lowest BCUT2D eigenvalue weighted by atomic mass is 10.1. The molecule has 1 amide bonds. The van der Waals surface area contributed by atoms with E-state index in [4.69, 9.17) is 0 Å². The fourth-order valence-corrected chi connectivity index (χ4v) is 5.61. The van der Waals surface area contributed by atoms with Crippen molar-refractivity contribution < 1.29 is 13.2 Å². The molecule has 138 valence electrons. The maximum Gasteiger partial charge on any atom is 0.244 e. The zero-order valence-electron chi connectivity index (χ0n) is 14.9. The van der Waals surface area contributed by atoms with Crippen LogP contribution in [-0.2, 0) is 27.8 Å². The smallest absolute Gasteiger partial charge is 0.244 e. The van der Waals surface area contributed by atoms with E-state index in [9.17, 15) is 13.2 Å². The van der Waals surface area contributed by atoms with Gasteiger partial charge in [-0.3, -0.25) is 4.79 Å². The van der Waals surface area contributed by atoms with E-state index in [1.165, 1.54) is 11.2 Å². The van der Waals surface area contributed by atoms with Gasteiger partial charge in [0.2, 0.25) is 15.9 Å². The zero-order valence-corrected chi connectivity index (χ0v) is 17.3. The second-order valence-corrected chi connectivity index (χ2v) is 9.47. The molecule has 7 heteroatoms. The van der Waals surface area contributed by atoms with E-state index in [2.05, 4.69) is 15.9 Å². The minimum atomic E-state index is -3.71. The van der Waals surface area contributed by atoms with Gasteiger partial charge < -0.3 is 4.90 Å². The minimum absolute atomic E-state index is 0.0226. The van der Waals surface area contributed by atoms with Crippen LogP contribution in [0.4, 0.5) is 5.69 Å². The van der Waals surface area contributed by atoms with Gasteiger partial charge in [0.05, 0.1) is 4.90 Å². The van der Waals surface area contributed by atoms with E-state index in [0.717, 1.165) is 11.1 Å². The highest BCUT2D eigenvalue weighted by molar-refractivity contribution is 9.10. The number of halogens is 1. The van der Waals surface area contributed by atoms with E-state index in [-0.39, 0.29) is 23.4 Å². The molecule has 2 aromatic carbocycles. The fourth-order valence-electron chi connectivity index (χ4n) is 3.39. The Balaban J connectivity index is 1.99. The monoisotopic (exact) mass is 436 g/mol. The van der Waals surface area contributed by atoms with E-state index in [1.807, 2.05) is 43.3 Å². The van der Waals surface area contributed by atoms with Gasteiger partial charge in [0, 0.05) is 36.7 Å². The van der Waals surface area contributed by atoms with Crippen molar-refractivity contribution >= 4 is 37.5 Å². The van der Waals surface area contributed by atoms with Crippen LogP contribution in [0.15, 0.2) is 51.8 Å². The molecule has 1 atom stereocenters. The fraction of sp³-hybridized carbons (Fsp3) is 0.316. The van der Waals surface area contributed by atoms with Gasteiger partial charge in [0.1, 0.15) is 0 Å². The van der Waals surface area contributed by atoms with Gasteiger partial charge in [0.25, 0.3) is 0 Å². The predicted octanol–water partition coefficient (Wildman–Crippen LogP) is 3.57. The summed E-state index contributed by atoms with van der Waals surface area (Å²) in [5.41, 5.74) is 2.57. The summed E-state index contributed by atoms with van der Waals surface area (Å²) in [5.74, 6) is -0.0837. The first-order valence-electron chi connectivity index (χ1n) is 8.34. The molecule has 0 radical (unpaired) electrons. The number of hydrogen-bond donors (Lipinski definition) is 0. The molecule has 0 spiro atoms. The Labute approximate surface area is 162 Å². The summed E-state index contributed by atoms with van der Waals surface area (Å²) in [5, 5.41) is 0. The standard InChI is InChI=1S/C19H21BrN2O3S/c1-13-9-16-10-17(20)19(11-18(16)22(13)14(2)23)26(24,25)21(3)12-15-7-5-4-6-8-15/h4-8,10-11,13H,9,12H2,1-3H3. The first-order valence-corrected chi connectivity index (χ1v) is 10.6. The lowest BCUT2D eigenvalue weighted by Crippen LogP contribution is -2.33. The number of nitrogens with zero attached hydrogens (tertiary/aromatic N) is 2. The van der Waals surface area contributed by atoms with Crippen LogP contribution in [0.25, 0.3) is 0 Å². The van der Waals surface area contributed by atoms with E-state index in [1.54, 1.807) is 18.0 Å². The van der Waals surface area contributed by atoms with Crippen LogP contribution in [0.2, 0.25) is 0 Å². The summed E-state index contributed by atoms with van der Waals surface area (Å²) in [4.78, 5) is 13.8. The molecule has 1 heterocycles. The average molecular weight is 437 g/mol. The van der Waals surface area contributed by atoms with Crippen LogP contribution in [0.1, 0.15) is 25.0 Å². The third-order valence-corrected chi connectivity index (χ3v) is 7.39. The Hall–Kier alpha value is -1.70. The quantitative estimate of drug-likeness (QED) is 0.735. The molecule has 1 aliphatic heterocycles. The van der Waals surface area contributed by atoms with Crippen molar-refractivity contribution in [1.29, 1.82) is 0 Å². The number of rotatable bonds is 4. The van der Waals surface area contributed by atoms with E-state index < -0.39 is 10.0 Å². The lowest BCUT2D eigenvalue weighted by molar-refractivity contribution is -0.116. The van der Waals surface area contributed by atoms with Crippen LogP contribution in [0, 0.1) is 0 Å². The number of anilines is 1. The molecule has 0 aliphatic carbocycles. The van der Waals surface area contributed by atoms with Gasteiger partial charge in [-0.1, -0.05) is 30.3 Å². The summed E-state index contributed by atoms with van der Waals surface area (Å²) in [6.45, 7) is 3.74. The molecule has 0 bridgehead atoms. The van der Waals surface area contributed by atoms with Crippen molar-refractivity contribution in [3.8, 4) is 0 Å². The van der Waals surface area contributed by atoms with Crippen molar-refractivity contribution in [2.24, 2.45) is 0 Å². The van der Waals surface area contributed by atoms with Gasteiger partial charge in [-0.15, -0.1) is 0 Å². The van der Waals surface area contributed by atoms with E-state index in [0.29, 0.717) is 16.6 Å². The highest BCUT2D eigenvalue weighted by Gasteiger charge is 2.33. The maximum atomic E-state index is 13.1. The highest BCUT2D eigenvalue weighted by Crippen LogP contribution is 2.38. The Morgan fingerprint density at radius 1 is 1.27 bits per heavy atom. The van der Waals surface area contributed by atoms with Crippen molar-refractivity contribution in [2.45, 2.75) is 37.8 Å². The Morgan fingerprint density at radius 3 is 2.54 bits per heavy atom. The molecule has 26 heavy (non-hydrogen) atoms. The number of amides is 1. The van der Waals surface area contributed by atoms with Crippen molar-refractivity contribution in [3.63, 3.8) is 0 Å². The molecule has 1 unspecified atom stereocenters. The SMILES string of the molecule is CC(=O)N1c2cc(S(=O)(=O)N(C)Cc3ccccc3)c(Br)cc2CC1C. The first-order chi connectivity index (χ1) is 12.2. The molecule has 0 N–H and O–H groups in total. The van der Waals surface area contributed by atoms with Crippen LogP contribution < -0.4 is 4.90 Å². The highest BCUT2D eigenvalue weighted by atomic mass is 79.9. The number of benzene rings is 2. The van der Waals surface area contributed by atoms with Crippen molar-refractivity contribution in [1.82, 2.24) is 4.31 Å². The maximum absolute atomic E-state index is 13.1. The Bertz CT molecular complexity index is 945. The van der Waals surface area contributed by atoms with Gasteiger partial charge >= 0.3 is 0 Å². The normalized spacial score (nSPS) is 16.8. The summed E-state index contributed by atoms with van der Waals surface area (Å²) in [7, 11) is -2.14. The lowest BCUT2D eigenvalue weighted by Gasteiger charge is -2.23. The minimum Gasteiger partial charge on any atom is -0.309 e. The third kappa shape index (κ3) is 3.43. The zero-order chi connectivity index (χ0) is 19.1. The number of carbonyl (C=O) groups is 1. The first kappa shape index (κ1) is 19.1. The van der Waals surface area contributed by atoms with Gasteiger partial charge in [-0.25, -0.2) is 8.42 Å². The summed E-state index contributed by atoms with van der Waals surface area (Å²) >= 11 is 3.41. The molecule has 0 saturated carbocycles. The van der Waals surface area contributed by atoms with Crippen molar-refractivity contribution in [2.75, 3.05) is 11.9 Å². The largest absolute Gasteiger partial charge is 0.309 e. The van der Waals surface area contributed by atoms with Crippen LogP contribution >= 0.6 is 15.9 Å². The molecule has 1 aliphatic rings. The molecular weight excluding hydrogens is 416 g/mol. The molecule has 2 aromatic rings. The van der Waals surface area contributed by atoms with E-state index >= 15 is 0 Å². The number of fused-ring (bicyclic) bond motifs is 1. The van der Waals surface area contributed by atoms with Gasteiger partial charge in [0.15, 0.2) is 0 Å². The molecule has 0 aromatic heterocycles. The Kier molecular flexibility index (Phi) is 5.23. The summed E-state index contributed by atoms with van der Waals surface area (Å²) < 4.78 is 28.1. The molecule has 0 fully saturated rings. The molecular formula is C19H21BrN2O3S. The second kappa shape index (κ2) is 7.13. The predicted molar refractivity (Wildman–Crippen MR) is 106 cm³/mol. The van der Waals surface area contributed by atoms with Crippen LogP contribution in [0.5, 0.6) is 0 Å². The number of carbonyl (C=O) groups excluding carboxylic acids is 1. The average Bonchev–Trinajstić information content (AvgIpc) is 2.89. The van der Waals surface area contributed by atoms with Crippen molar-refractivity contribution in [3.05, 3.63) is 58.1 Å². The molecule has 0 saturated heterocycles. The topological polar surface area (TPSA) is 57.7 Å². The third-order valence-electron chi connectivity index (χ3n) is 4.62. The Morgan fingerprint density at radius 2 is 1.92 bits per heavy atom. The van der Waals surface area contributed by atoms with Crippen LogP contribution in [0.3, 0.4) is 0 Å².